The molecule has 1 fully saturated rings. The Kier molecular flexibility index (Phi) is 4.75. The van der Waals surface area contributed by atoms with E-state index in [1.165, 1.54) is 5.56 Å². The average Bonchev–Trinajstić information content (AvgIpc) is 3.33. The quantitative estimate of drug-likeness (QED) is 0.697. The summed E-state index contributed by atoms with van der Waals surface area (Å²) in [6.07, 6.45) is 2.21. The third-order valence-corrected chi connectivity index (χ3v) is 5.21. The molecule has 1 atom stereocenters. The Morgan fingerprint density at radius 3 is 2.70 bits per heavy atom. The largest absolute Gasteiger partial charge is 0.337 e. The summed E-state index contributed by atoms with van der Waals surface area (Å²) in [4.78, 5) is 19.4. The number of aryl methyl sites for hydroxylation is 2. The summed E-state index contributed by atoms with van der Waals surface area (Å²) in [7, 11) is 0. The van der Waals surface area contributed by atoms with E-state index in [2.05, 4.69) is 10.1 Å². The van der Waals surface area contributed by atoms with Gasteiger partial charge in [0, 0.05) is 12.1 Å². The smallest absolute Gasteiger partial charge is 0.249 e. The van der Waals surface area contributed by atoms with Crippen LogP contribution in [0.5, 0.6) is 0 Å². The van der Waals surface area contributed by atoms with Gasteiger partial charge in [-0.05, 0) is 37.8 Å². The summed E-state index contributed by atoms with van der Waals surface area (Å²) < 4.78 is 5.53. The third-order valence-electron chi connectivity index (χ3n) is 5.21. The molecule has 1 aromatic heterocycles. The lowest BCUT2D eigenvalue weighted by atomic mass is 10.1. The molecule has 5 nitrogen and oxygen atoms in total. The van der Waals surface area contributed by atoms with E-state index in [1.54, 1.807) is 0 Å². The number of carbonyl (C=O) groups is 1. The van der Waals surface area contributed by atoms with Crippen LogP contribution in [0.4, 0.5) is 0 Å². The second kappa shape index (κ2) is 7.35. The highest BCUT2D eigenvalue weighted by atomic mass is 16.5. The summed E-state index contributed by atoms with van der Waals surface area (Å²) >= 11 is 0. The molecule has 27 heavy (non-hydrogen) atoms. The minimum atomic E-state index is -0.131. The predicted molar refractivity (Wildman–Crippen MR) is 103 cm³/mol. The van der Waals surface area contributed by atoms with Gasteiger partial charge in [-0.1, -0.05) is 59.3 Å². The Hall–Kier alpha value is -2.95. The molecule has 1 saturated heterocycles. The molecule has 2 aromatic carbocycles. The van der Waals surface area contributed by atoms with Crippen molar-refractivity contribution in [3.8, 4) is 11.4 Å². The van der Waals surface area contributed by atoms with Gasteiger partial charge in [0.1, 0.15) is 6.04 Å². The molecule has 2 heterocycles. The molecule has 3 aromatic rings. The highest BCUT2D eigenvalue weighted by Gasteiger charge is 2.34. The van der Waals surface area contributed by atoms with Crippen molar-refractivity contribution >= 4 is 5.91 Å². The molecule has 1 aliphatic heterocycles. The fraction of sp³-hybridized carbons (Fsp3) is 0.318. The molecule has 5 heteroatoms. The fourth-order valence-corrected chi connectivity index (χ4v) is 3.59. The Labute approximate surface area is 159 Å². The van der Waals surface area contributed by atoms with Crippen molar-refractivity contribution in [2.75, 3.05) is 6.54 Å². The van der Waals surface area contributed by atoms with Crippen molar-refractivity contribution in [1.29, 1.82) is 0 Å². The molecule has 0 saturated carbocycles. The molecule has 1 amide bonds. The summed E-state index contributed by atoms with van der Waals surface area (Å²) in [6, 6.07) is 15.9. The van der Waals surface area contributed by atoms with Crippen LogP contribution in [0, 0.1) is 13.8 Å². The Morgan fingerprint density at radius 1 is 1.15 bits per heavy atom. The summed E-state index contributed by atoms with van der Waals surface area (Å²) in [5.41, 5.74) is 4.32. The van der Waals surface area contributed by atoms with E-state index in [-0.39, 0.29) is 11.9 Å². The maximum Gasteiger partial charge on any atom is 0.249 e. The van der Waals surface area contributed by atoms with Crippen LogP contribution in [-0.4, -0.2) is 27.5 Å². The second-order valence-electron chi connectivity index (χ2n) is 7.17. The molecule has 138 valence electrons. The molecular weight excluding hydrogens is 338 g/mol. The first-order valence-electron chi connectivity index (χ1n) is 9.36. The number of likely N-dealkylation sites (tertiary alicyclic amines) is 1. The Bertz CT molecular complexity index is 946. The van der Waals surface area contributed by atoms with Crippen LogP contribution in [-0.2, 0) is 11.2 Å². The van der Waals surface area contributed by atoms with E-state index in [4.69, 9.17) is 4.52 Å². The molecular formula is C22H23N3O2. The van der Waals surface area contributed by atoms with Crippen molar-refractivity contribution < 1.29 is 9.32 Å². The van der Waals surface area contributed by atoms with Crippen molar-refractivity contribution in [3.63, 3.8) is 0 Å². The number of rotatable bonds is 4. The minimum absolute atomic E-state index is 0.113. The number of benzene rings is 2. The van der Waals surface area contributed by atoms with Crippen molar-refractivity contribution in [3.05, 3.63) is 71.1 Å². The highest BCUT2D eigenvalue weighted by Crippen LogP contribution is 2.32. The zero-order valence-electron chi connectivity index (χ0n) is 15.7. The first kappa shape index (κ1) is 17.5. The van der Waals surface area contributed by atoms with Gasteiger partial charge in [0.15, 0.2) is 0 Å². The van der Waals surface area contributed by atoms with E-state index in [9.17, 15) is 4.79 Å². The van der Waals surface area contributed by atoms with Crippen LogP contribution in [0.15, 0.2) is 53.1 Å². The van der Waals surface area contributed by atoms with E-state index in [0.717, 1.165) is 36.1 Å². The maximum absolute atomic E-state index is 12.9. The van der Waals surface area contributed by atoms with Gasteiger partial charge >= 0.3 is 0 Å². The molecule has 4 rings (SSSR count). The Morgan fingerprint density at radius 2 is 1.93 bits per heavy atom. The molecule has 0 unspecified atom stereocenters. The number of hydrogen-bond acceptors (Lipinski definition) is 4. The number of amides is 1. The van der Waals surface area contributed by atoms with Gasteiger partial charge in [-0.3, -0.25) is 4.79 Å². The van der Waals surface area contributed by atoms with Crippen LogP contribution in [0.3, 0.4) is 0 Å². The van der Waals surface area contributed by atoms with E-state index < -0.39 is 0 Å². The SMILES string of the molecule is Cc1ccc(-c2noc([C@@H]3CCCN3C(=O)Cc3ccccc3C)n2)cc1. The third kappa shape index (κ3) is 3.63. The standard InChI is InChI=1S/C22H23N3O2/c1-15-9-11-17(12-10-15)21-23-22(27-24-21)19-8-5-13-25(19)20(26)14-18-7-4-3-6-16(18)2/h3-4,6-7,9-12,19H,5,8,13-14H2,1-2H3/t19-/m0/s1. The number of hydrogen-bond donors (Lipinski definition) is 0. The van der Waals surface area contributed by atoms with E-state index in [0.29, 0.717) is 18.1 Å². The monoisotopic (exact) mass is 361 g/mol. The Balaban J connectivity index is 1.52. The first-order valence-corrected chi connectivity index (χ1v) is 9.36. The second-order valence-corrected chi connectivity index (χ2v) is 7.17. The molecule has 0 N–H and O–H groups in total. The highest BCUT2D eigenvalue weighted by molar-refractivity contribution is 5.79. The van der Waals surface area contributed by atoms with E-state index in [1.807, 2.05) is 67.3 Å². The number of carbonyl (C=O) groups excluding carboxylic acids is 1. The van der Waals surface area contributed by atoms with Gasteiger partial charge in [-0.15, -0.1) is 0 Å². The normalized spacial score (nSPS) is 16.7. The topological polar surface area (TPSA) is 59.2 Å². The summed E-state index contributed by atoms with van der Waals surface area (Å²) in [5.74, 6) is 1.21. The lowest BCUT2D eigenvalue weighted by molar-refractivity contribution is -0.131. The van der Waals surface area contributed by atoms with Gasteiger partial charge in [-0.25, -0.2) is 0 Å². The summed E-state index contributed by atoms with van der Waals surface area (Å²) in [6.45, 7) is 4.81. The first-order chi connectivity index (χ1) is 13.1. The molecule has 0 bridgehead atoms. The summed E-state index contributed by atoms with van der Waals surface area (Å²) in [5, 5.41) is 4.13. The van der Waals surface area contributed by atoms with Crippen LogP contribution < -0.4 is 0 Å². The molecule has 0 aliphatic carbocycles. The van der Waals surface area contributed by atoms with E-state index >= 15 is 0 Å². The molecule has 0 radical (unpaired) electrons. The fourth-order valence-electron chi connectivity index (χ4n) is 3.59. The molecule has 0 spiro atoms. The van der Waals surface area contributed by atoms with Crippen LogP contribution >= 0.6 is 0 Å². The lowest BCUT2D eigenvalue weighted by Crippen LogP contribution is -2.32. The van der Waals surface area contributed by atoms with Crippen LogP contribution in [0.25, 0.3) is 11.4 Å². The van der Waals surface area contributed by atoms with Gasteiger partial charge in [0.05, 0.1) is 6.42 Å². The minimum Gasteiger partial charge on any atom is -0.337 e. The zero-order chi connectivity index (χ0) is 18.8. The van der Waals surface area contributed by atoms with Gasteiger partial charge in [0.25, 0.3) is 0 Å². The predicted octanol–water partition coefficient (Wildman–Crippen LogP) is 4.26. The zero-order valence-corrected chi connectivity index (χ0v) is 15.7. The van der Waals surface area contributed by atoms with Crippen molar-refractivity contribution in [1.82, 2.24) is 15.0 Å². The van der Waals surface area contributed by atoms with Crippen LogP contribution in [0.2, 0.25) is 0 Å². The maximum atomic E-state index is 12.9. The lowest BCUT2D eigenvalue weighted by Gasteiger charge is -2.22. The number of nitrogens with zero attached hydrogens (tertiary/aromatic N) is 3. The number of aromatic nitrogens is 2. The van der Waals surface area contributed by atoms with Gasteiger partial charge < -0.3 is 9.42 Å². The van der Waals surface area contributed by atoms with Gasteiger partial charge in [0.2, 0.25) is 17.6 Å². The average molecular weight is 361 g/mol. The van der Waals surface area contributed by atoms with Gasteiger partial charge in [-0.2, -0.15) is 4.98 Å². The van der Waals surface area contributed by atoms with Crippen LogP contribution in [0.1, 0.15) is 41.5 Å². The van der Waals surface area contributed by atoms with Crippen molar-refractivity contribution in [2.24, 2.45) is 0 Å². The molecule has 1 aliphatic rings. The van der Waals surface area contributed by atoms with Crippen molar-refractivity contribution in [2.45, 2.75) is 39.2 Å².